The molecule has 0 fully saturated rings. The summed E-state index contributed by atoms with van der Waals surface area (Å²) in [5, 5.41) is 2.87. The van der Waals surface area contributed by atoms with Gasteiger partial charge in [-0.15, -0.1) is 11.3 Å². The molecule has 122 valence electrons. The second-order valence-corrected chi connectivity index (χ2v) is 8.68. The molecule has 1 unspecified atom stereocenters. The van der Waals surface area contributed by atoms with Crippen LogP contribution in [0.4, 0.5) is 5.69 Å². The van der Waals surface area contributed by atoms with Crippen LogP contribution in [0.3, 0.4) is 0 Å². The minimum Gasteiger partial charge on any atom is -0.359 e. The predicted octanol–water partition coefficient (Wildman–Crippen LogP) is 5.79. The molecule has 2 heterocycles. The molecular weight excluding hydrogens is 360 g/mol. The quantitative estimate of drug-likeness (QED) is 0.468. The molecular formula is C18H15ClN2OS2. The third-order valence-electron chi connectivity index (χ3n) is 3.99. The minimum atomic E-state index is -1.31. The molecule has 1 atom stereocenters. The summed E-state index contributed by atoms with van der Waals surface area (Å²) >= 11 is 7.62. The number of aromatic amines is 1. The highest BCUT2D eigenvalue weighted by Crippen LogP contribution is 2.35. The zero-order chi connectivity index (χ0) is 16.8. The van der Waals surface area contributed by atoms with E-state index in [0.29, 0.717) is 5.02 Å². The van der Waals surface area contributed by atoms with Crippen LogP contribution in [0.1, 0.15) is 11.3 Å². The Labute approximate surface area is 151 Å². The fraction of sp³-hybridized carbons (Fsp3) is 0.111. The largest absolute Gasteiger partial charge is 0.359 e. The standard InChI is InChI=1S/C18H15ClN2OS2/c1-10-7-12-8-14(4-5-16(12)20-10)21-24(22)18-11(2)15-9-13(19)3-6-17(15)23-18/h3-9,20-21H,1-2H3. The first-order valence-corrected chi connectivity index (χ1v) is 9.82. The van der Waals surface area contributed by atoms with Crippen molar-refractivity contribution in [3.05, 3.63) is 58.7 Å². The normalized spacial score (nSPS) is 12.8. The van der Waals surface area contributed by atoms with Gasteiger partial charge in [-0.3, -0.25) is 0 Å². The molecule has 0 aliphatic carbocycles. The number of anilines is 1. The molecule has 2 N–H and O–H groups in total. The Hall–Kier alpha value is -1.82. The monoisotopic (exact) mass is 374 g/mol. The fourth-order valence-electron chi connectivity index (χ4n) is 2.84. The molecule has 4 aromatic rings. The fourth-order valence-corrected chi connectivity index (χ4v) is 5.45. The van der Waals surface area contributed by atoms with Gasteiger partial charge in [0.25, 0.3) is 0 Å². The van der Waals surface area contributed by atoms with Crippen molar-refractivity contribution in [3.8, 4) is 0 Å². The number of aromatic nitrogens is 1. The van der Waals surface area contributed by atoms with Crippen LogP contribution in [0.25, 0.3) is 21.0 Å². The summed E-state index contributed by atoms with van der Waals surface area (Å²) in [7, 11) is -1.31. The number of hydrogen-bond donors (Lipinski definition) is 2. The lowest BCUT2D eigenvalue weighted by Gasteiger charge is -2.05. The van der Waals surface area contributed by atoms with Gasteiger partial charge in [0, 0.05) is 32.0 Å². The molecule has 2 aromatic carbocycles. The van der Waals surface area contributed by atoms with Gasteiger partial charge in [-0.2, -0.15) is 0 Å². The van der Waals surface area contributed by atoms with Crippen LogP contribution in [0.15, 0.2) is 46.7 Å². The Morgan fingerprint density at radius 1 is 1.12 bits per heavy atom. The van der Waals surface area contributed by atoms with Gasteiger partial charge in [0.1, 0.15) is 4.21 Å². The van der Waals surface area contributed by atoms with Crippen LogP contribution in [-0.2, 0) is 11.0 Å². The minimum absolute atomic E-state index is 0.696. The van der Waals surface area contributed by atoms with Gasteiger partial charge in [0.2, 0.25) is 0 Å². The zero-order valence-electron chi connectivity index (χ0n) is 13.1. The van der Waals surface area contributed by atoms with Crippen LogP contribution in [0, 0.1) is 13.8 Å². The van der Waals surface area contributed by atoms with E-state index in [0.717, 1.165) is 42.1 Å². The van der Waals surface area contributed by atoms with E-state index in [9.17, 15) is 4.21 Å². The second-order valence-electron chi connectivity index (χ2n) is 5.78. The summed E-state index contributed by atoms with van der Waals surface area (Å²) in [6.07, 6.45) is 0. The number of benzene rings is 2. The highest BCUT2D eigenvalue weighted by Gasteiger charge is 2.15. The van der Waals surface area contributed by atoms with Gasteiger partial charge in [0.05, 0.1) is 0 Å². The third kappa shape index (κ3) is 2.73. The summed E-state index contributed by atoms with van der Waals surface area (Å²) in [5.74, 6) is 0. The highest BCUT2D eigenvalue weighted by molar-refractivity contribution is 7.88. The number of hydrogen-bond acceptors (Lipinski definition) is 2. The number of aryl methyl sites for hydroxylation is 2. The Morgan fingerprint density at radius 2 is 1.96 bits per heavy atom. The molecule has 0 aliphatic rings. The van der Waals surface area contributed by atoms with E-state index >= 15 is 0 Å². The topological polar surface area (TPSA) is 44.9 Å². The number of nitrogens with one attached hydrogen (secondary N) is 2. The maximum Gasteiger partial charge on any atom is 0.160 e. The predicted molar refractivity (Wildman–Crippen MR) is 105 cm³/mol. The van der Waals surface area contributed by atoms with E-state index in [1.54, 1.807) is 11.3 Å². The molecule has 0 saturated carbocycles. The first-order chi connectivity index (χ1) is 11.5. The van der Waals surface area contributed by atoms with Gasteiger partial charge in [-0.25, -0.2) is 4.21 Å². The van der Waals surface area contributed by atoms with Crippen molar-refractivity contribution in [2.75, 3.05) is 4.72 Å². The summed E-state index contributed by atoms with van der Waals surface area (Å²) < 4.78 is 17.8. The summed E-state index contributed by atoms with van der Waals surface area (Å²) in [6, 6.07) is 13.8. The van der Waals surface area contributed by atoms with Crippen LogP contribution >= 0.6 is 22.9 Å². The van der Waals surface area contributed by atoms with E-state index in [-0.39, 0.29) is 0 Å². The molecule has 3 nitrogen and oxygen atoms in total. The van der Waals surface area contributed by atoms with Gasteiger partial charge in [-0.05, 0) is 67.3 Å². The van der Waals surface area contributed by atoms with E-state index in [2.05, 4.69) is 15.8 Å². The highest BCUT2D eigenvalue weighted by atomic mass is 35.5. The van der Waals surface area contributed by atoms with E-state index in [1.165, 1.54) is 0 Å². The number of fused-ring (bicyclic) bond motifs is 2. The van der Waals surface area contributed by atoms with E-state index < -0.39 is 11.0 Å². The van der Waals surface area contributed by atoms with Crippen LogP contribution in [-0.4, -0.2) is 9.19 Å². The molecule has 0 aliphatic heterocycles. The maximum atomic E-state index is 12.8. The summed E-state index contributed by atoms with van der Waals surface area (Å²) in [4.78, 5) is 3.29. The van der Waals surface area contributed by atoms with Crippen LogP contribution in [0.2, 0.25) is 5.02 Å². The van der Waals surface area contributed by atoms with Gasteiger partial charge in [0.15, 0.2) is 11.0 Å². The van der Waals surface area contributed by atoms with Crippen molar-refractivity contribution < 1.29 is 4.21 Å². The lowest BCUT2D eigenvalue weighted by molar-refractivity contribution is 0.687. The Bertz CT molecular complexity index is 1100. The maximum absolute atomic E-state index is 12.8. The van der Waals surface area contributed by atoms with Crippen molar-refractivity contribution in [1.29, 1.82) is 0 Å². The average Bonchev–Trinajstić information content (AvgIpc) is 3.06. The van der Waals surface area contributed by atoms with Crippen molar-refractivity contribution in [2.24, 2.45) is 0 Å². The lowest BCUT2D eigenvalue weighted by Crippen LogP contribution is -2.04. The molecule has 0 bridgehead atoms. The van der Waals surface area contributed by atoms with Crippen molar-refractivity contribution in [1.82, 2.24) is 4.98 Å². The SMILES string of the molecule is Cc1cc2cc(NS(=O)c3sc4ccc(Cl)cc4c3C)ccc2[nH]1. The zero-order valence-corrected chi connectivity index (χ0v) is 15.5. The van der Waals surface area contributed by atoms with Crippen molar-refractivity contribution in [2.45, 2.75) is 18.1 Å². The Morgan fingerprint density at radius 3 is 2.79 bits per heavy atom. The third-order valence-corrected chi connectivity index (χ3v) is 7.06. The molecule has 24 heavy (non-hydrogen) atoms. The number of thiophene rings is 1. The van der Waals surface area contributed by atoms with Crippen LogP contribution in [0.5, 0.6) is 0 Å². The van der Waals surface area contributed by atoms with Crippen molar-refractivity contribution >= 4 is 60.6 Å². The first kappa shape index (κ1) is 15.7. The van der Waals surface area contributed by atoms with Gasteiger partial charge in [-0.1, -0.05) is 11.6 Å². The number of rotatable bonds is 3. The first-order valence-electron chi connectivity index (χ1n) is 7.48. The smallest absolute Gasteiger partial charge is 0.160 e. The molecule has 0 amide bonds. The lowest BCUT2D eigenvalue weighted by atomic mass is 10.2. The van der Waals surface area contributed by atoms with E-state index in [1.807, 2.05) is 50.2 Å². The summed E-state index contributed by atoms with van der Waals surface area (Å²) in [6.45, 7) is 4.01. The molecule has 6 heteroatoms. The van der Waals surface area contributed by atoms with Gasteiger partial charge < -0.3 is 9.71 Å². The molecule has 0 radical (unpaired) electrons. The molecule has 0 saturated heterocycles. The average molecular weight is 375 g/mol. The molecule has 4 rings (SSSR count). The molecule has 0 spiro atoms. The van der Waals surface area contributed by atoms with Crippen LogP contribution < -0.4 is 4.72 Å². The Balaban J connectivity index is 1.68. The number of halogens is 1. The van der Waals surface area contributed by atoms with Gasteiger partial charge >= 0.3 is 0 Å². The van der Waals surface area contributed by atoms with E-state index in [4.69, 9.17) is 11.6 Å². The molecule has 2 aromatic heterocycles. The number of H-pyrrole nitrogens is 1. The summed E-state index contributed by atoms with van der Waals surface area (Å²) in [5.41, 5.74) is 4.05. The second kappa shape index (κ2) is 5.92. The Kier molecular flexibility index (Phi) is 3.87. The van der Waals surface area contributed by atoms with Crippen molar-refractivity contribution in [3.63, 3.8) is 0 Å².